The number of sulfonamides is 1. The Kier molecular flexibility index (Phi) is 8.52. The predicted octanol–water partition coefficient (Wildman–Crippen LogP) is 1.00. The normalized spacial score (nSPS) is 22.3. The zero-order valence-electron chi connectivity index (χ0n) is 22.9. The highest BCUT2D eigenvalue weighted by molar-refractivity contribution is 7.94. The Bertz CT molecular complexity index is 1100. The SMILES string of the molecule is CC(C)(C)OC(=O)NC(C(=O)N1CC(O)CC1C(=O)N(CCC(=O)NS(=O)(=O)C1=CC1)C1CC1)C(C)(C)C. The summed E-state index contributed by atoms with van der Waals surface area (Å²) >= 11 is 0. The first-order chi connectivity index (χ1) is 17.4. The van der Waals surface area contributed by atoms with Crippen molar-refractivity contribution in [1.29, 1.82) is 0 Å². The molecule has 4 amide bonds. The molecular weight excluding hydrogens is 516 g/mol. The smallest absolute Gasteiger partial charge is 0.408 e. The zero-order chi connectivity index (χ0) is 28.6. The number of alkyl carbamates (subject to hydrolysis) is 1. The van der Waals surface area contributed by atoms with Crippen molar-refractivity contribution >= 4 is 33.8 Å². The summed E-state index contributed by atoms with van der Waals surface area (Å²) in [4.78, 5) is 55.1. The van der Waals surface area contributed by atoms with Crippen LogP contribution < -0.4 is 10.0 Å². The number of carbonyl (C=O) groups excluding carboxylic acids is 4. The van der Waals surface area contributed by atoms with Crippen LogP contribution >= 0.6 is 0 Å². The number of β-amino-alcohol motifs (C(OH)–C–C–N with tert-alkyl or cyclic N) is 1. The Morgan fingerprint density at radius 3 is 2.26 bits per heavy atom. The summed E-state index contributed by atoms with van der Waals surface area (Å²) in [6.45, 7) is 10.3. The molecule has 1 saturated heterocycles. The molecule has 3 rings (SSSR count). The topological polar surface area (TPSA) is 162 Å². The minimum atomic E-state index is -3.82. The number of nitrogens with one attached hydrogen (secondary N) is 2. The highest BCUT2D eigenvalue weighted by Crippen LogP contribution is 2.32. The fourth-order valence-electron chi connectivity index (χ4n) is 4.33. The third-order valence-corrected chi connectivity index (χ3v) is 7.96. The fraction of sp³-hybridized carbons (Fsp3) is 0.760. The molecule has 3 unspecified atom stereocenters. The van der Waals surface area contributed by atoms with Gasteiger partial charge in [-0.25, -0.2) is 17.9 Å². The minimum Gasteiger partial charge on any atom is -0.444 e. The van der Waals surface area contributed by atoms with Gasteiger partial charge in [0.15, 0.2) is 0 Å². The van der Waals surface area contributed by atoms with Crippen molar-refractivity contribution in [3.8, 4) is 0 Å². The van der Waals surface area contributed by atoms with Crippen molar-refractivity contribution in [2.75, 3.05) is 13.1 Å². The summed E-state index contributed by atoms with van der Waals surface area (Å²) in [5.41, 5.74) is -1.50. The molecule has 0 radical (unpaired) electrons. The number of rotatable bonds is 9. The number of aliphatic hydroxyl groups is 1. The van der Waals surface area contributed by atoms with Crippen LogP contribution in [0.3, 0.4) is 0 Å². The molecular formula is C25H40N4O8S. The third kappa shape index (κ3) is 7.92. The van der Waals surface area contributed by atoms with Gasteiger partial charge in [0, 0.05) is 38.4 Å². The fourth-order valence-corrected chi connectivity index (χ4v) is 5.39. The first-order valence-corrected chi connectivity index (χ1v) is 14.4. The van der Waals surface area contributed by atoms with E-state index >= 15 is 0 Å². The van der Waals surface area contributed by atoms with Crippen LogP contribution in [-0.4, -0.2) is 90.1 Å². The molecule has 12 nitrogen and oxygen atoms in total. The van der Waals surface area contributed by atoms with Crippen molar-refractivity contribution in [3.63, 3.8) is 0 Å². The van der Waals surface area contributed by atoms with Gasteiger partial charge < -0.3 is 25.0 Å². The van der Waals surface area contributed by atoms with E-state index in [9.17, 15) is 32.7 Å². The lowest BCUT2D eigenvalue weighted by Gasteiger charge is -2.37. The lowest BCUT2D eigenvalue weighted by molar-refractivity contribution is -0.147. The van der Waals surface area contributed by atoms with Gasteiger partial charge in [-0.2, -0.15) is 0 Å². The van der Waals surface area contributed by atoms with E-state index in [1.54, 1.807) is 41.5 Å². The first kappa shape index (κ1) is 29.9. The van der Waals surface area contributed by atoms with Crippen molar-refractivity contribution < 1.29 is 37.4 Å². The van der Waals surface area contributed by atoms with Crippen LogP contribution in [0, 0.1) is 5.41 Å². The Morgan fingerprint density at radius 1 is 1.16 bits per heavy atom. The molecule has 38 heavy (non-hydrogen) atoms. The maximum absolute atomic E-state index is 13.7. The largest absolute Gasteiger partial charge is 0.444 e. The van der Waals surface area contributed by atoms with Crippen LogP contribution in [0.2, 0.25) is 0 Å². The van der Waals surface area contributed by atoms with Gasteiger partial charge in [0.2, 0.25) is 17.7 Å². The number of likely N-dealkylation sites (tertiary alicyclic amines) is 1. The summed E-state index contributed by atoms with van der Waals surface area (Å²) in [6, 6.07) is -2.13. The molecule has 1 saturated carbocycles. The van der Waals surface area contributed by atoms with Gasteiger partial charge in [-0.15, -0.1) is 0 Å². The monoisotopic (exact) mass is 556 g/mol. The van der Waals surface area contributed by atoms with Crippen molar-refractivity contribution in [1.82, 2.24) is 19.8 Å². The Labute approximate surface area is 224 Å². The average Bonchev–Trinajstić information content (AvgIpc) is 3.66. The van der Waals surface area contributed by atoms with E-state index in [1.165, 1.54) is 15.9 Å². The van der Waals surface area contributed by atoms with E-state index in [0.29, 0.717) is 6.42 Å². The highest BCUT2D eigenvalue weighted by Gasteiger charge is 2.47. The van der Waals surface area contributed by atoms with Crippen LogP contribution in [-0.2, 0) is 29.1 Å². The average molecular weight is 557 g/mol. The Hall–Kier alpha value is -2.67. The lowest BCUT2D eigenvalue weighted by Crippen LogP contribution is -2.58. The number of allylic oxidation sites excluding steroid dienone is 2. The number of hydrogen-bond donors (Lipinski definition) is 3. The van der Waals surface area contributed by atoms with Gasteiger partial charge in [-0.05, 0) is 39.0 Å². The van der Waals surface area contributed by atoms with Gasteiger partial charge in [0.25, 0.3) is 10.0 Å². The van der Waals surface area contributed by atoms with Gasteiger partial charge in [0.1, 0.15) is 17.7 Å². The standard InChI is InChI=1S/C25H40N4O8S/c1-24(2,3)20(26-23(34)37-25(4,5)6)22(33)29-14-16(30)13-18(29)21(32)28(15-7-8-15)12-11-19(31)27-38(35,36)17-9-10-17/h9,15-16,18,20,30H,7-8,10-14H2,1-6H3,(H,26,34)(H,27,31). The molecule has 1 heterocycles. The van der Waals surface area contributed by atoms with E-state index in [-0.39, 0.29) is 36.9 Å². The molecule has 3 atom stereocenters. The molecule has 0 aromatic carbocycles. The summed E-state index contributed by atoms with van der Waals surface area (Å²) in [6.07, 6.45) is 1.37. The van der Waals surface area contributed by atoms with E-state index in [1.807, 2.05) is 4.72 Å². The maximum atomic E-state index is 13.7. The van der Waals surface area contributed by atoms with Crippen LogP contribution in [0.1, 0.15) is 73.6 Å². The summed E-state index contributed by atoms with van der Waals surface area (Å²) in [7, 11) is -3.82. The summed E-state index contributed by atoms with van der Waals surface area (Å²) in [5, 5.41) is 13.0. The van der Waals surface area contributed by atoms with Gasteiger partial charge >= 0.3 is 6.09 Å². The van der Waals surface area contributed by atoms with Crippen molar-refractivity contribution in [2.45, 2.75) is 103 Å². The molecule has 1 aliphatic heterocycles. The maximum Gasteiger partial charge on any atom is 0.408 e. The number of carbonyl (C=O) groups is 4. The molecule has 0 aromatic heterocycles. The number of nitrogens with zero attached hydrogens (tertiary/aromatic N) is 2. The van der Waals surface area contributed by atoms with E-state index in [2.05, 4.69) is 5.32 Å². The number of aliphatic hydroxyl groups excluding tert-OH is 1. The molecule has 0 bridgehead atoms. The highest BCUT2D eigenvalue weighted by atomic mass is 32.2. The number of amides is 4. The molecule has 2 aliphatic carbocycles. The molecule has 13 heteroatoms. The molecule has 0 spiro atoms. The van der Waals surface area contributed by atoms with Crippen LogP contribution in [0.5, 0.6) is 0 Å². The van der Waals surface area contributed by atoms with E-state index in [4.69, 9.17) is 4.74 Å². The summed E-state index contributed by atoms with van der Waals surface area (Å²) < 4.78 is 31.3. The number of ether oxygens (including phenoxy) is 1. The second kappa shape index (κ2) is 10.8. The number of hydrogen-bond acceptors (Lipinski definition) is 8. The summed E-state index contributed by atoms with van der Waals surface area (Å²) in [5.74, 6) is -1.65. The van der Waals surface area contributed by atoms with Crippen molar-refractivity contribution in [2.24, 2.45) is 5.41 Å². The van der Waals surface area contributed by atoms with Crippen LogP contribution in [0.15, 0.2) is 11.0 Å². The molecule has 0 aromatic rings. The predicted molar refractivity (Wildman–Crippen MR) is 138 cm³/mol. The molecule has 3 aliphatic rings. The third-order valence-electron chi connectivity index (χ3n) is 6.44. The van der Waals surface area contributed by atoms with Crippen LogP contribution in [0.25, 0.3) is 0 Å². The second-order valence-electron chi connectivity index (χ2n) is 12.3. The van der Waals surface area contributed by atoms with E-state index in [0.717, 1.165) is 12.8 Å². The second-order valence-corrected chi connectivity index (χ2v) is 14.0. The van der Waals surface area contributed by atoms with Crippen LogP contribution in [0.4, 0.5) is 4.79 Å². The Morgan fingerprint density at radius 2 is 1.76 bits per heavy atom. The van der Waals surface area contributed by atoms with Crippen molar-refractivity contribution in [3.05, 3.63) is 11.0 Å². The molecule has 214 valence electrons. The quantitative estimate of drug-likeness (QED) is 0.379. The van der Waals surface area contributed by atoms with E-state index < -0.39 is 63.0 Å². The molecule has 3 N–H and O–H groups in total. The van der Waals surface area contributed by atoms with Gasteiger partial charge in [-0.1, -0.05) is 26.8 Å². The first-order valence-electron chi connectivity index (χ1n) is 12.9. The zero-order valence-corrected chi connectivity index (χ0v) is 23.8. The molecule has 2 fully saturated rings. The Balaban J connectivity index is 1.72. The van der Waals surface area contributed by atoms with Gasteiger partial charge in [0.05, 0.1) is 11.0 Å². The van der Waals surface area contributed by atoms with Gasteiger partial charge in [-0.3, -0.25) is 14.4 Å². The minimum absolute atomic E-state index is 0.0165. The lowest BCUT2D eigenvalue weighted by atomic mass is 9.85.